The van der Waals surface area contributed by atoms with Gasteiger partial charge < -0.3 is 19.3 Å². The summed E-state index contributed by atoms with van der Waals surface area (Å²) in [5.74, 6) is 1.31. The number of ether oxygens (including phenoxy) is 2. The second-order valence-electron chi connectivity index (χ2n) is 6.69. The minimum atomic E-state index is -0.167. The highest BCUT2D eigenvalue weighted by molar-refractivity contribution is 5.97. The Balaban J connectivity index is 1.69. The number of hydrogen-bond donors (Lipinski definition) is 0. The van der Waals surface area contributed by atoms with E-state index in [0.717, 1.165) is 25.9 Å². The van der Waals surface area contributed by atoms with Gasteiger partial charge in [-0.25, -0.2) is 4.79 Å². The molecule has 26 heavy (non-hydrogen) atoms. The summed E-state index contributed by atoms with van der Waals surface area (Å²) in [6.45, 7) is 2.79. The van der Waals surface area contributed by atoms with E-state index in [1.807, 2.05) is 4.90 Å². The van der Waals surface area contributed by atoms with Crippen LogP contribution >= 0.6 is 0 Å². The first-order valence-electron chi connectivity index (χ1n) is 9.20. The summed E-state index contributed by atoms with van der Waals surface area (Å²) in [5, 5.41) is 0. The molecule has 2 fully saturated rings. The maximum Gasteiger partial charge on any atom is 0.325 e. The first-order valence-corrected chi connectivity index (χ1v) is 9.20. The Hall–Kier alpha value is -2.44. The number of nitrogens with zero attached hydrogens (tertiary/aromatic N) is 3. The van der Waals surface area contributed by atoms with Crippen LogP contribution in [0.3, 0.4) is 0 Å². The molecule has 2 heterocycles. The van der Waals surface area contributed by atoms with Crippen molar-refractivity contribution in [3.05, 3.63) is 18.2 Å². The van der Waals surface area contributed by atoms with Crippen molar-refractivity contribution in [1.29, 1.82) is 0 Å². The summed E-state index contributed by atoms with van der Waals surface area (Å²) in [5.41, 5.74) is 0.668. The van der Waals surface area contributed by atoms with Crippen LogP contribution in [0.25, 0.3) is 0 Å². The normalized spacial score (nSPS) is 18.1. The molecule has 1 aromatic carbocycles. The number of carbonyl (C=O) groups is 2. The van der Waals surface area contributed by atoms with Crippen LogP contribution in [-0.4, -0.2) is 68.7 Å². The third kappa shape index (κ3) is 3.86. The van der Waals surface area contributed by atoms with Crippen LogP contribution in [0.1, 0.15) is 25.7 Å². The Morgan fingerprint density at radius 3 is 2.38 bits per heavy atom. The molecule has 142 valence electrons. The van der Waals surface area contributed by atoms with Gasteiger partial charge in [-0.2, -0.15) is 0 Å². The minimum Gasteiger partial charge on any atom is -0.497 e. The molecule has 3 rings (SSSR count). The van der Waals surface area contributed by atoms with Gasteiger partial charge in [0.1, 0.15) is 18.0 Å². The number of urea groups is 1. The summed E-state index contributed by atoms with van der Waals surface area (Å²) in [4.78, 5) is 30.6. The van der Waals surface area contributed by atoms with Crippen molar-refractivity contribution in [2.24, 2.45) is 0 Å². The smallest absolute Gasteiger partial charge is 0.325 e. The van der Waals surface area contributed by atoms with Gasteiger partial charge in [0.25, 0.3) is 0 Å². The second kappa shape index (κ2) is 8.29. The summed E-state index contributed by atoms with van der Waals surface area (Å²) >= 11 is 0. The number of likely N-dealkylation sites (tertiary alicyclic amines) is 1. The number of benzene rings is 1. The van der Waals surface area contributed by atoms with Gasteiger partial charge >= 0.3 is 6.03 Å². The molecule has 2 aliphatic rings. The van der Waals surface area contributed by atoms with Crippen molar-refractivity contribution in [2.45, 2.75) is 25.7 Å². The maximum absolute atomic E-state index is 12.8. The van der Waals surface area contributed by atoms with Gasteiger partial charge in [-0.3, -0.25) is 9.69 Å². The molecular weight excluding hydrogens is 334 g/mol. The molecule has 7 nitrogen and oxygen atoms in total. The molecule has 0 N–H and O–H groups in total. The third-order valence-corrected chi connectivity index (χ3v) is 5.06. The molecule has 1 aromatic rings. The number of rotatable bonds is 5. The van der Waals surface area contributed by atoms with Crippen LogP contribution < -0.4 is 14.4 Å². The molecule has 0 bridgehead atoms. The van der Waals surface area contributed by atoms with E-state index in [-0.39, 0.29) is 18.5 Å². The van der Waals surface area contributed by atoms with Gasteiger partial charge in [-0.05, 0) is 25.0 Å². The summed E-state index contributed by atoms with van der Waals surface area (Å²) in [7, 11) is 3.16. The van der Waals surface area contributed by atoms with Crippen LogP contribution in [0.5, 0.6) is 11.5 Å². The lowest BCUT2D eigenvalue weighted by atomic mass is 10.2. The summed E-state index contributed by atoms with van der Waals surface area (Å²) in [6, 6.07) is 5.20. The lowest BCUT2D eigenvalue weighted by molar-refractivity contribution is -0.131. The van der Waals surface area contributed by atoms with Crippen LogP contribution in [0.2, 0.25) is 0 Å². The number of carbonyl (C=O) groups excluding carboxylic acids is 2. The Bertz CT molecular complexity index is 656. The van der Waals surface area contributed by atoms with E-state index in [2.05, 4.69) is 0 Å². The Morgan fingerprint density at radius 2 is 1.73 bits per heavy atom. The third-order valence-electron chi connectivity index (χ3n) is 5.06. The van der Waals surface area contributed by atoms with E-state index in [4.69, 9.17) is 9.47 Å². The van der Waals surface area contributed by atoms with Gasteiger partial charge in [0.2, 0.25) is 5.91 Å². The van der Waals surface area contributed by atoms with Crippen LogP contribution in [0.4, 0.5) is 10.5 Å². The van der Waals surface area contributed by atoms with Crippen molar-refractivity contribution < 1.29 is 19.1 Å². The highest BCUT2D eigenvalue weighted by atomic mass is 16.5. The highest BCUT2D eigenvalue weighted by Gasteiger charge is 2.33. The van der Waals surface area contributed by atoms with Gasteiger partial charge in [-0.15, -0.1) is 0 Å². The lowest BCUT2D eigenvalue weighted by Gasteiger charge is -2.24. The molecular formula is C19H27N3O4. The van der Waals surface area contributed by atoms with Crippen LogP contribution in [-0.2, 0) is 4.79 Å². The molecule has 0 unspecified atom stereocenters. The standard InChI is InChI=1S/C19H27N3O4/c1-25-15-7-8-17(26-2)16(13-15)22-12-11-21(19(22)24)14-18(23)20-9-5-3-4-6-10-20/h7-8,13H,3-6,9-12,14H2,1-2H3. The van der Waals surface area contributed by atoms with Crippen molar-refractivity contribution >= 4 is 17.6 Å². The predicted molar refractivity (Wildman–Crippen MR) is 98.9 cm³/mol. The largest absolute Gasteiger partial charge is 0.497 e. The molecule has 3 amide bonds. The molecule has 0 atom stereocenters. The van der Waals surface area contributed by atoms with Gasteiger partial charge in [0.05, 0.1) is 19.9 Å². The summed E-state index contributed by atoms with van der Waals surface area (Å²) in [6.07, 6.45) is 4.45. The fraction of sp³-hybridized carbons (Fsp3) is 0.579. The molecule has 2 saturated heterocycles. The molecule has 0 aromatic heterocycles. The molecule has 0 radical (unpaired) electrons. The molecule has 0 saturated carbocycles. The average Bonchev–Trinajstić information content (AvgIpc) is 2.87. The molecule has 7 heteroatoms. The lowest BCUT2D eigenvalue weighted by Crippen LogP contribution is -2.42. The van der Waals surface area contributed by atoms with Crippen LogP contribution in [0, 0.1) is 0 Å². The van der Waals surface area contributed by atoms with E-state index < -0.39 is 0 Å². The Kier molecular flexibility index (Phi) is 5.85. The SMILES string of the molecule is COc1ccc(OC)c(N2CCN(CC(=O)N3CCCCCC3)C2=O)c1. The van der Waals surface area contributed by atoms with E-state index >= 15 is 0 Å². The zero-order chi connectivity index (χ0) is 18.5. The molecule has 0 aliphatic carbocycles. The topological polar surface area (TPSA) is 62.3 Å². The van der Waals surface area contributed by atoms with Crippen molar-refractivity contribution in [1.82, 2.24) is 9.80 Å². The van der Waals surface area contributed by atoms with E-state index in [9.17, 15) is 9.59 Å². The van der Waals surface area contributed by atoms with Crippen molar-refractivity contribution in [3.8, 4) is 11.5 Å². The zero-order valence-electron chi connectivity index (χ0n) is 15.6. The van der Waals surface area contributed by atoms with E-state index in [0.29, 0.717) is 30.3 Å². The Labute approximate surface area is 154 Å². The van der Waals surface area contributed by atoms with Gasteiger partial charge in [0, 0.05) is 32.2 Å². The second-order valence-corrected chi connectivity index (χ2v) is 6.69. The fourth-order valence-corrected chi connectivity index (χ4v) is 3.54. The zero-order valence-corrected chi connectivity index (χ0v) is 15.6. The average molecular weight is 361 g/mol. The minimum absolute atomic E-state index is 0.0414. The number of amides is 3. The van der Waals surface area contributed by atoms with Crippen molar-refractivity contribution in [2.75, 3.05) is 51.8 Å². The summed E-state index contributed by atoms with van der Waals surface area (Å²) < 4.78 is 10.7. The fourth-order valence-electron chi connectivity index (χ4n) is 3.54. The first-order chi connectivity index (χ1) is 12.6. The Morgan fingerprint density at radius 1 is 1.00 bits per heavy atom. The molecule has 0 spiro atoms. The number of methoxy groups -OCH3 is 2. The maximum atomic E-state index is 12.8. The monoisotopic (exact) mass is 361 g/mol. The van der Waals surface area contributed by atoms with E-state index in [1.165, 1.54) is 12.8 Å². The number of hydrogen-bond acceptors (Lipinski definition) is 4. The quantitative estimate of drug-likeness (QED) is 0.808. The van der Waals surface area contributed by atoms with Crippen molar-refractivity contribution in [3.63, 3.8) is 0 Å². The highest BCUT2D eigenvalue weighted by Crippen LogP contribution is 2.34. The van der Waals surface area contributed by atoms with E-state index in [1.54, 1.807) is 42.2 Å². The first kappa shape index (κ1) is 18.4. The number of anilines is 1. The van der Waals surface area contributed by atoms with Gasteiger partial charge in [-0.1, -0.05) is 12.8 Å². The van der Waals surface area contributed by atoms with Crippen LogP contribution in [0.15, 0.2) is 18.2 Å². The predicted octanol–water partition coefficient (Wildman–Crippen LogP) is 2.35. The van der Waals surface area contributed by atoms with Gasteiger partial charge in [0.15, 0.2) is 0 Å². The molecule has 2 aliphatic heterocycles.